The second-order valence-electron chi connectivity index (χ2n) is 6.61. The third-order valence-electron chi connectivity index (χ3n) is 4.57. The van der Waals surface area contributed by atoms with Crippen molar-refractivity contribution in [2.75, 3.05) is 25.9 Å². The maximum Gasteiger partial charge on any atom is 0.254 e. The molecule has 11 heteroatoms. The molecule has 1 N–H and O–H groups in total. The predicted molar refractivity (Wildman–Crippen MR) is 95.1 cm³/mol. The third-order valence-corrected chi connectivity index (χ3v) is 5.88. The van der Waals surface area contributed by atoms with Crippen LogP contribution < -0.4 is 5.32 Å². The highest BCUT2D eigenvalue weighted by Crippen LogP contribution is 2.27. The fourth-order valence-electron chi connectivity index (χ4n) is 3.03. The summed E-state index contributed by atoms with van der Waals surface area (Å²) in [7, 11) is -3.19. The SMILES string of the molecule is CS(=O)(=O)N1CCC(c2noc(CCNC(=O)c3ccc(F)cc3F)n2)CC1. The van der Waals surface area contributed by atoms with Gasteiger partial charge in [0, 0.05) is 38.0 Å². The summed E-state index contributed by atoms with van der Waals surface area (Å²) in [4.78, 5) is 16.2. The topological polar surface area (TPSA) is 105 Å². The summed E-state index contributed by atoms with van der Waals surface area (Å²) in [5, 5.41) is 6.45. The number of amides is 1. The standard InChI is InChI=1S/C17H20F2N4O4S/c1-28(25,26)23-8-5-11(6-9-23)16-21-15(27-22-16)4-7-20-17(24)13-3-2-12(18)10-14(13)19/h2-3,10-11H,4-9H2,1H3,(H,20,24). The molecular weight excluding hydrogens is 394 g/mol. The van der Waals surface area contributed by atoms with Crippen molar-refractivity contribution in [3.8, 4) is 0 Å². The molecule has 1 aromatic heterocycles. The van der Waals surface area contributed by atoms with E-state index in [9.17, 15) is 22.0 Å². The highest BCUT2D eigenvalue weighted by atomic mass is 32.2. The van der Waals surface area contributed by atoms with Gasteiger partial charge in [0.15, 0.2) is 5.82 Å². The molecule has 152 valence electrons. The summed E-state index contributed by atoms with van der Waals surface area (Å²) < 4.78 is 56.2. The van der Waals surface area contributed by atoms with Crippen molar-refractivity contribution < 1.29 is 26.5 Å². The van der Waals surface area contributed by atoms with Crippen molar-refractivity contribution in [1.29, 1.82) is 0 Å². The molecule has 1 aliphatic rings. The van der Waals surface area contributed by atoms with Gasteiger partial charge in [-0.2, -0.15) is 4.98 Å². The summed E-state index contributed by atoms with van der Waals surface area (Å²) in [6.45, 7) is 0.961. The molecule has 1 aliphatic heterocycles. The number of hydrogen-bond donors (Lipinski definition) is 1. The molecule has 1 amide bonds. The van der Waals surface area contributed by atoms with Crippen LogP contribution in [0, 0.1) is 11.6 Å². The average Bonchev–Trinajstić information content (AvgIpc) is 3.10. The molecule has 0 atom stereocenters. The largest absolute Gasteiger partial charge is 0.351 e. The Morgan fingerprint density at radius 3 is 2.68 bits per heavy atom. The van der Waals surface area contributed by atoms with Crippen LogP contribution in [0.1, 0.15) is 40.8 Å². The first kappa shape index (κ1) is 20.3. The molecule has 3 rings (SSSR count). The first-order valence-electron chi connectivity index (χ1n) is 8.75. The van der Waals surface area contributed by atoms with Crippen LogP contribution in [0.25, 0.3) is 0 Å². The van der Waals surface area contributed by atoms with Crippen molar-refractivity contribution in [3.63, 3.8) is 0 Å². The number of rotatable bonds is 6. The quantitative estimate of drug-likeness (QED) is 0.767. The molecule has 0 bridgehead atoms. The van der Waals surface area contributed by atoms with Gasteiger partial charge in [-0.25, -0.2) is 21.5 Å². The molecule has 8 nitrogen and oxygen atoms in total. The lowest BCUT2D eigenvalue weighted by atomic mass is 9.97. The number of nitrogens with zero attached hydrogens (tertiary/aromatic N) is 3. The van der Waals surface area contributed by atoms with Gasteiger partial charge in [0.2, 0.25) is 15.9 Å². The van der Waals surface area contributed by atoms with Crippen molar-refractivity contribution in [2.45, 2.75) is 25.2 Å². The summed E-state index contributed by atoms with van der Waals surface area (Å²) in [6, 6.07) is 2.74. The van der Waals surface area contributed by atoms with E-state index in [0.717, 1.165) is 12.1 Å². The van der Waals surface area contributed by atoms with E-state index >= 15 is 0 Å². The third kappa shape index (κ3) is 4.90. The van der Waals surface area contributed by atoms with Gasteiger partial charge < -0.3 is 9.84 Å². The fourth-order valence-corrected chi connectivity index (χ4v) is 3.91. The summed E-state index contributed by atoms with van der Waals surface area (Å²) in [6.07, 6.45) is 2.65. The lowest BCUT2D eigenvalue weighted by Gasteiger charge is -2.28. The summed E-state index contributed by atoms with van der Waals surface area (Å²) in [5.41, 5.74) is -0.245. The zero-order chi connectivity index (χ0) is 20.3. The first-order chi connectivity index (χ1) is 13.2. The monoisotopic (exact) mass is 414 g/mol. The number of carbonyl (C=O) groups is 1. The highest BCUT2D eigenvalue weighted by molar-refractivity contribution is 7.88. The second kappa shape index (κ2) is 8.31. The van der Waals surface area contributed by atoms with Gasteiger partial charge in [-0.15, -0.1) is 0 Å². The van der Waals surface area contributed by atoms with E-state index in [1.54, 1.807) is 0 Å². The number of benzene rings is 1. The Bertz CT molecular complexity index is 956. The number of carbonyl (C=O) groups excluding carboxylic acids is 1. The van der Waals surface area contributed by atoms with Gasteiger partial charge in [0.25, 0.3) is 5.91 Å². The molecular formula is C17H20F2N4O4S. The minimum Gasteiger partial charge on any atom is -0.351 e. The van der Waals surface area contributed by atoms with E-state index in [2.05, 4.69) is 15.5 Å². The van der Waals surface area contributed by atoms with Gasteiger partial charge in [0.1, 0.15) is 11.6 Å². The Balaban J connectivity index is 1.49. The van der Waals surface area contributed by atoms with Crippen LogP contribution in [-0.2, 0) is 16.4 Å². The van der Waals surface area contributed by atoms with Gasteiger partial charge in [-0.3, -0.25) is 4.79 Å². The number of nitrogens with one attached hydrogen (secondary N) is 1. The fraction of sp³-hybridized carbons (Fsp3) is 0.471. The Morgan fingerprint density at radius 2 is 2.04 bits per heavy atom. The van der Waals surface area contributed by atoms with E-state index in [1.807, 2.05) is 0 Å². The van der Waals surface area contributed by atoms with Gasteiger partial charge in [-0.05, 0) is 25.0 Å². The van der Waals surface area contributed by atoms with E-state index in [-0.39, 0.29) is 24.4 Å². The number of sulfonamides is 1. The van der Waals surface area contributed by atoms with Gasteiger partial charge in [0.05, 0.1) is 11.8 Å². The van der Waals surface area contributed by atoms with Crippen LogP contribution in [-0.4, -0.2) is 54.7 Å². The van der Waals surface area contributed by atoms with Crippen LogP contribution in [0.2, 0.25) is 0 Å². The lowest BCUT2D eigenvalue weighted by Crippen LogP contribution is -2.37. The molecule has 1 fully saturated rings. The Morgan fingerprint density at radius 1 is 1.32 bits per heavy atom. The molecule has 28 heavy (non-hydrogen) atoms. The van der Waals surface area contributed by atoms with E-state index in [1.165, 1.54) is 10.6 Å². The lowest BCUT2D eigenvalue weighted by molar-refractivity contribution is 0.0949. The van der Waals surface area contributed by atoms with E-state index in [4.69, 9.17) is 4.52 Å². The average molecular weight is 414 g/mol. The number of piperidine rings is 1. The maximum atomic E-state index is 13.6. The van der Waals surface area contributed by atoms with Crippen molar-refractivity contribution in [3.05, 3.63) is 47.1 Å². The second-order valence-corrected chi connectivity index (χ2v) is 8.60. The highest BCUT2D eigenvalue weighted by Gasteiger charge is 2.28. The maximum absolute atomic E-state index is 13.6. The van der Waals surface area contributed by atoms with Crippen molar-refractivity contribution in [2.24, 2.45) is 0 Å². The molecule has 0 aliphatic carbocycles. The van der Waals surface area contributed by atoms with Gasteiger partial charge >= 0.3 is 0 Å². The van der Waals surface area contributed by atoms with Crippen LogP contribution >= 0.6 is 0 Å². The van der Waals surface area contributed by atoms with Crippen molar-refractivity contribution >= 4 is 15.9 Å². The number of hydrogen-bond acceptors (Lipinski definition) is 6. The van der Waals surface area contributed by atoms with Crippen molar-refractivity contribution in [1.82, 2.24) is 19.8 Å². The smallest absolute Gasteiger partial charge is 0.254 e. The number of aromatic nitrogens is 2. The van der Waals surface area contributed by atoms with Crippen LogP contribution in [0.3, 0.4) is 0 Å². The van der Waals surface area contributed by atoms with Crippen LogP contribution in [0.4, 0.5) is 8.78 Å². The van der Waals surface area contributed by atoms with Crippen LogP contribution in [0.5, 0.6) is 0 Å². The molecule has 0 radical (unpaired) electrons. The molecule has 0 saturated carbocycles. The van der Waals surface area contributed by atoms with E-state index in [0.29, 0.717) is 43.7 Å². The molecule has 0 spiro atoms. The summed E-state index contributed by atoms with van der Waals surface area (Å²) in [5.74, 6) is -1.50. The predicted octanol–water partition coefficient (Wildman–Crippen LogP) is 1.46. The zero-order valence-corrected chi connectivity index (χ0v) is 16.0. The molecule has 0 unspecified atom stereocenters. The minimum atomic E-state index is -3.19. The van der Waals surface area contributed by atoms with Gasteiger partial charge in [-0.1, -0.05) is 5.16 Å². The van der Waals surface area contributed by atoms with E-state index < -0.39 is 27.6 Å². The molecule has 1 saturated heterocycles. The molecule has 1 aromatic carbocycles. The Kier molecular flexibility index (Phi) is 6.04. The van der Waals surface area contributed by atoms with Crippen LogP contribution in [0.15, 0.2) is 22.7 Å². The Labute approximate surface area is 161 Å². The Hall–Kier alpha value is -2.40. The minimum absolute atomic E-state index is 0.0124. The number of halogens is 2. The molecule has 2 heterocycles. The first-order valence-corrected chi connectivity index (χ1v) is 10.6. The zero-order valence-electron chi connectivity index (χ0n) is 15.2. The molecule has 2 aromatic rings. The normalized spacial score (nSPS) is 16.2. The summed E-state index contributed by atoms with van der Waals surface area (Å²) >= 11 is 0.